The number of benzene rings is 1. The van der Waals surface area contributed by atoms with E-state index in [9.17, 15) is 13.2 Å². The lowest BCUT2D eigenvalue weighted by Gasteiger charge is -2.43. The largest absolute Gasteiger partial charge is 0.495 e. The summed E-state index contributed by atoms with van der Waals surface area (Å²) in [6, 6.07) is 5.02. The number of nitrogens with one attached hydrogen (secondary N) is 1. The quantitative estimate of drug-likeness (QED) is 0.781. The van der Waals surface area contributed by atoms with Crippen LogP contribution in [0.3, 0.4) is 0 Å². The van der Waals surface area contributed by atoms with Crippen molar-refractivity contribution in [3.63, 3.8) is 0 Å². The molecule has 1 aliphatic carbocycles. The van der Waals surface area contributed by atoms with Gasteiger partial charge in [0.25, 0.3) is 0 Å². The fraction of sp³-hybridized carbons (Fsp3) is 0.650. The van der Waals surface area contributed by atoms with E-state index in [-0.39, 0.29) is 10.8 Å². The molecule has 0 spiro atoms. The third-order valence-electron chi connectivity index (χ3n) is 5.93. The van der Waals surface area contributed by atoms with Gasteiger partial charge < -0.3 is 10.1 Å². The zero-order valence-electron chi connectivity index (χ0n) is 17.0. The van der Waals surface area contributed by atoms with Crippen LogP contribution in [0.25, 0.3) is 0 Å². The molecule has 2 aliphatic rings. The predicted octanol–water partition coefficient (Wildman–Crippen LogP) is 2.54. The molecule has 0 aromatic heterocycles. The minimum Gasteiger partial charge on any atom is -0.495 e. The number of fused-ring (bicyclic) bond motifs is 1. The zero-order chi connectivity index (χ0) is 20.3. The molecule has 1 saturated heterocycles. The van der Waals surface area contributed by atoms with Crippen molar-refractivity contribution in [1.29, 1.82) is 0 Å². The molecule has 8 heteroatoms. The van der Waals surface area contributed by atoms with E-state index in [0.717, 1.165) is 23.7 Å². The van der Waals surface area contributed by atoms with Gasteiger partial charge in [-0.1, -0.05) is 12.8 Å². The van der Waals surface area contributed by atoms with E-state index < -0.39 is 10.0 Å². The first kappa shape index (κ1) is 21.1. The fourth-order valence-corrected chi connectivity index (χ4v) is 5.38. The summed E-state index contributed by atoms with van der Waals surface area (Å²) in [7, 11) is 0.877. The Labute approximate surface area is 168 Å². The maximum absolute atomic E-state index is 12.7. The molecule has 2 atom stereocenters. The molecular formula is C20H31N3O4S. The number of hydrogen-bond acceptors (Lipinski definition) is 5. The lowest BCUT2D eigenvalue weighted by molar-refractivity contribution is -0.119. The van der Waals surface area contributed by atoms with Crippen LogP contribution in [0.5, 0.6) is 5.75 Å². The SMILES string of the molecule is COc1ccc(S(=O)(=O)N(C)C)cc1NC(=O)CN1CCC[C@H]2CCCC[C@@H]21. The third-order valence-corrected chi connectivity index (χ3v) is 7.74. The number of rotatable bonds is 6. The monoisotopic (exact) mass is 409 g/mol. The van der Waals surface area contributed by atoms with Gasteiger partial charge in [-0.2, -0.15) is 0 Å². The molecule has 3 rings (SSSR count). The molecule has 1 heterocycles. The van der Waals surface area contributed by atoms with Crippen LogP contribution in [0.1, 0.15) is 38.5 Å². The van der Waals surface area contributed by atoms with Gasteiger partial charge in [-0.25, -0.2) is 12.7 Å². The van der Waals surface area contributed by atoms with Crippen molar-refractivity contribution in [1.82, 2.24) is 9.21 Å². The summed E-state index contributed by atoms with van der Waals surface area (Å²) in [4.78, 5) is 15.2. The Morgan fingerprint density at radius 3 is 2.64 bits per heavy atom. The number of likely N-dealkylation sites (tertiary alicyclic amines) is 1. The molecule has 1 aromatic carbocycles. The predicted molar refractivity (Wildman–Crippen MR) is 109 cm³/mol. The molecule has 1 amide bonds. The van der Waals surface area contributed by atoms with Gasteiger partial charge in [0.05, 0.1) is 24.2 Å². The first-order valence-corrected chi connectivity index (χ1v) is 11.4. The van der Waals surface area contributed by atoms with Crippen LogP contribution < -0.4 is 10.1 Å². The second-order valence-electron chi connectivity index (χ2n) is 7.92. The molecule has 28 heavy (non-hydrogen) atoms. The van der Waals surface area contributed by atoms with Crippen LogP contribution >= 0.6 is 0 Å². The lowest BCUT2D eigenvalue weighted by atomic mass is 9.78. The van der Waals surface area contributed by atoms with Crippen molar-refractivity contribution in [2.45, 2.75) is 49.5 Å². The molecule has 7 nitrogen and oxygen atoms in total. The van der Waals surface area contributed by atoms with Crippen LogP contribution in [-0.2, 0) is 14.8 Å². The second-order valence-corrected chi connectivity index (χ2v) is 10.1. The smallest absolute Gasteiger partial charge is 0.242 e. The number of hydrogen-bond donors (Lipinski definition) is 1. The molecule has 156 valence electrons. The average Bonchev–Trinajstić information content (AvgIpc) is 2.68. The molecule has 1 N–H and O–H groups in total. The summed E-state index contributed by atoms with van der Waals surface area (Å²) in [5.74, 6) is 1.02. The minimum atomic E-state index is -3.59. The molecule has 0 radical (unpaired) electrons. The van der Waals surface area contributed by atoms with E-state index in [2.05, 4.69) is 10.2 Å². The van der Waals surface area contributed by atoms with Crippen molar-refractivity contribution >= 4 is 21.6 Å². The highest BCUT2D eigenvalue weighted by Gasteiger charge is 2.34. The maximum Gasteiger partial charge on any atom is 0.242 e. The molecule has 1 saturated carbocycles. The van der Waals surface area contributed by atoms with Gasteiger partial charge >= 0.3 is 0 Å². The molecule has 0 unspecified atom stereocenters. The van der Waals surface area contributed by atoms with Crippen LogP contribution in [0.4, 0.5) is 5.69 Å². The van der Waals surface area contributed by atoms with Crippen LogP contribution in [0, 0.1) is 5.92 Å². The summed E-state index contributed by atoms with van der Waals surface area (Å²) >= 11 is 0. The summed E-state index contributed by atoms with van der Waals surface area (Å²) < 4.78 is 31.3. The normalized spacial score (nSPS) is 23.3. The number of methoxy groups -OCH3 is 1. The number of ether oxygens (including phenoxy) is 1. The van der Waals surface area contributed by atoms with E-state index in [1.54, 1.807) is 6.07 Å². The van der Waals surface area contributed by atoms with E-state index in [4.69, 9.17) is 4.74 Å². The standard InChI is InChI=1S/C20H31N3O4S/c1-22(2)28(25,26)16-10-11-19(27-3)17(13-16)21-20(24)14-23-12-6-8-15-7-4-5-9-18(15)23/h10-11,13,15,18H,4-9,12,14H2,1-3H3,(H,21,24)/t15-,18+/m1/s1. The van der Waals surface area contributed by atoms with Crippen LogP contribution in [0.2, 0.25) is 0 Å². The summed E-state index contributed by atoms with van der Waals surface area (Å²) in [5, 5.41) is 2.87. The average molecular weight is 410 g/mol. The topological polar surface area (TPSA) is 79.0 Å². The Morgan fingerprint density at radius 1 is 1.21 bits per heavy atom. The number of amides is 1. The van der Waals surface area contributed by atoms with Crippen molar-refractivity contribution in [3.05, 3.63) is 18.2 Å². The van der Waals surface area contributed by atoms with Crippen LogP contribution in [0.15, 0.2) is 23.1 Å². The van der Waals surface area contributed by atoms with Gasteiger partial charge in [-0.15, -0.1) is 0 Å². The summed E-state index contributed by atoms with van der Waals surface area (Å²) in [6.45, 7) is 1.27. The van der Waals surface area contributed by atoms with E-state index in [1.165, 1.54) is 59.0 Å². The molecular weight excluding hydrogens is 378 g/mol. The van der Waals surface area contributed by atoms with E-state index in [1.807, 2.05) is 0 Å². The number of anilines is 1. The van der Waals surface area contributed by atoms with Gasteiger partial charge in [-0.3, -0.25) is 9.69 Å². The van der Waals surface area contributed by atoms with Gasteiger partial charge in [0.1, 0.15) is 5.75 Å². The lowest BCUT2D eigenvalue weighted by Crippen LogP contribution is -2.49. The first-order chi connectivity index (χ1) is 13.3. The Balaban J connectivity index is 1.74. The fourth-order valence-electron chi connectivity index (χ4n) is 4.45. The molecule has 0 bridgehead atoms. The molecule has 2 fully saturated rings. The Bertz CT molecular complexity index is 808. The Kier molecular flexibility index (Phi) is 6.62. The Hall–Kier alpha value is -1.64. The van der Waals surface area contributed by atoms with Gasteiger partial charge in [0.2, 0.25) is 15.9 Å². The number of carbonyl (C=O) groups is 1. The van der Waals surface area contributed by atoms with Gasteiger partial charge in [-0.05, 0) is 56.3 Å². The summed E-state index contributed by atoms with van der Waals surface area (Å²) in [6.07, 6.45) is 7.36. The highest BCUT2D eigenvalue weighted by atomic mass is 32.2. The van der Waals surface area contributed by atoms with Crippen molar-refractivity contribution < 1.29 is 17.9 Å². The number of sulfonamides is 1. The highest BCUT2D eigenvalue weighted by Crippen LogP contribution is 2.35. The molecule has 1 aromatic rings. The summed E-state index contributed by atoms with van der Waals surface area (Å²) in [5.41, 5.74) is 0.382. The number of carbonyl (C=O) groups excluding carboxylic acids is 1. The number of piperidine rings is 1. The first-order valence-electron chi connectivity index (χ1n) is 9.97. The van der Waals surface area contributed by atoms with Crippen molar-refractivity contribution in [3.8, 4) is 5.75 Å². The zero-order valence-corrected chi connectivity index (χ0v) is 17.8. The van der Waals surface area contributed by atoms with Crippen LogP contribution in [-0.4, -0.2) is 63.9 Å². The second kappa shape index (κ2) is 8.80. The van der Waals surface area contributed by atoms with Crippen molar-refractivity contribution in [2.24, 2.45) is 5.92 Å². The third kappa shape index (κ3) is 4.50. The van der Waals surface area contributed by atoms with Gasteiger partial charge in [0, 0.05) is 20.1 Å². The van der Waals surface area contributed by atoms with Gasteiger partial charge in [0.15, 0.2) is 0 Å². The Morgan fingerprint density at radius 2 is 1.93 bits per heavy atom. The highest BCUT2D eigenvalue weighted by molar-refractivity contribution is 7.89. The molecule has 1 aliphatic heterocycles. The maximum atomic E-state index is 12.7. The minimum absolute atomic E-state index is 0.124. The van der Waals surface area contributed by atoms with E-state index in [0.29, 0.717) is 29.9 Å². The number of nitrogens with zero attached hydrogens (tertiary/aromatic N) is 2. The van der Waals surface area contributed by atoms with E-state index >= 15 is 0 Å². The van der Waals surface area contributed by atoms with Crippen molar-refractivity contribution in [2.75, 3.05) is 39.6 Å².